The molecular weight excluding hydrogens is 356 g/mol. The molecule has 0 radical (unpaired) electrons. The third kappa shape index (κ3) is 5.77. The third-order valence-corrected chi connectivity index (χ3v) is 4.12. The predicted octanol–water partition coefficient (Wildman–Crippen LogP) is 2.71. The number of hydrogen-bond donors (Lipinski definition) is 3. The average molecular weight is 380 g/mol. The van der Waals surface area contributed by atoms with E-state index in [0.717, 1.165) is 23.5 Å². The van der Waals surface area contributed by atoms with Crippen molar-refractivity contribution in [2.45, 2.75) is 19.5 Å². The molecule has 28 heavy (non-hydrogen) atoms. The van der Waals surface area contributed by atoms with Crippen molar-refractivity contribution in [1.29, 1.82) is 0 Å². The summed E-state index contributed by atoms with van der Waals surface area (Å²) in [5.74, 6) is 2.20. The van der Waals surface area contributed by atoms with E-state index in [2.05, 4.69) is 20.9 Å². The quantitative estimate of drug-likeness (QED) is 0.413. The highest BCUT2D eigenvalue weighted by atomic mass is 16.3. The highest BCUT2D eigenvalue weighted by Gasteiger charge is 2.07. The Hall–Kier alpha value is -3.48. The molecule has 0 saturated carbocycles. The van der Waals surface area contributed by atoms with Crippen molar-refractivity contribution in [2.24, 2.45) is 4.99 Å². The fourth-order valence-corrected chi connectivity index (χ4v) is 2.67. The molecule has 3 rings (SSSR count). The number of furan rings is 2. The van der Waals surface area contributed by atoms with Crippen LogP contribution in [0, 0.1) is 0 Å². The van der Waals surface area contributed by atoms with Gasteiger partial charge in [-0.15, -0.1) is 0 Å². The Balaban J connectivity index is 1.46. The van der Waals surface area contributed by atoms with Crippen molar-refractivity contribution < 1.29 is 13.6 Å². The molecule has 7 nitrogen and oxygen atoms in total. The Bertz CT molecular complexity index is 886. The number of carbonyl (C=O) groups excluding carboxylic acids is 1. The van der Waals surface area contributed by atoms with Crippen molar-refractivity contribution in [3.8, 4) is 0 Å². The van der Waals surface area contributed by atoms with E-state index in [1.54, 1.807) is 31.7 Å². The van der Waals surface area contributed by atoms with Crippen LogP contribution in [-0.4, -0.2) is 25.5 Å². The van der Waals surface area contributed by atoms with E-state index in [4.69, 9.17) is 8.83 Å². The zero-order valence-electron chi connectivity index (χ0n) is 15.8. The number of amides is 1. The molecule has 0 aliphatic rings. The lowest BCUT2D eigenvalue weighted by Crippen LogP contribution is -2.37. The summed E-state index contributed by atoms with van der Waals surface area (Å²) >= 11 is 0. The second kappa shape index (κ2) is 10.0. The number of hydrogen-bond acceptors (Lipinski definition) is 4. The second-order valence-electron chi connectivity index (χ2n) is 6.14. The highest BCUT2D eigenvalue weighted by Crippen LogP contribution is 2.06. The van der Waals surface area contributed by atoms with E-state index in [1.165, 1.54) is 0 Å². The van der Waals surface area contributed by atoms with Crippen molar-refractivity contribution in [3.05, 3.63) is 83.7 Å². The van der Waals surface area contributed by atoms with Crippen LogP contribution in [0.15, 0.2) is 74.9 Å². The van der Waals surface area contributed by atoms with Gasteiger partial charge in [-0.05, 0) is 42.0 Å². The topological polar surface area (TPSA) is 91.8 Å². The van der Waals surface area contributed by atoms with Gasteiger partial charge in [-0.2, -0.15) is 0 Å². The fourth-order valence-electron chi connectivity index (χ4n) is 2.67. The maximum Gasteiger partial charge on any atom is 0.251 e. The summed E-state index contributed by atoms with van der Waals surface area (Å²) in [6, 6.07) is 14.9. The van der Waals surface area contributed by atoms with Crippen molar-refractivity contribution >= 4 is 11.9 Å². The lowest BCUT2D eigenvalue weighted by molar-refractivity contribution is 0.0948. The first-order chi connectivity index (χ1) is 13.7. The lowest BCUT2D eigenvalue weighted by Gasteiger charge is -2.12. The molecule has 0 saturated heterocycles. The van der Waals surface area contributed by atoms with Crippen LogP contribution >= 0.6 is 0 Å². The Morgan fingerprint density at radius 3 is 2.43 bits per heavy atom. The molecule has 2 aromatic heterocycles. The van der Waals surface area contributed by atoms with Gasteiger partial charge in [0.25, 0.3) is 5.91 Å². The minimum absolute atomic E-state index is 0.140. The van der Waals surface area contributed by atoms with Gasteiger partial charge >= 0.3 is 0 Å². The van der Waals surface area contributed by atoms with Crippen molar-refractivity contribution in [3.63, 3.8) is 0 Å². The van der Waals surface area contributed by atoms with Crippen LogP contribution in [0.2, 0.25) is 0 Å². The number of guanidine groups is 1. The van der Waals surface area contributed by atoms with Gasteiger partial charge in [0.05, 0.1) is 19.1 Å². The van der Waals surface area contributed by atoms with Crippen LogP contribution in [0.1, 0.15) is 27.4 Å². The summed E-state index contributed by atoms with van der Waals surface area (Å²) in [6.07, 6.45) is 4.03. The molecule has 3 aromatic rings. The van der Waals surface area contributed by atoms with Crippen LogP contribution in [-0.2, 0) is 19.5 Å². The van der Waals surface area contributed by atoms with Crippen LogP contribution in [0.3, 0.4) is 0 Å². The van der Waals surface area contributed by atoms with Gasteiger partial charge in [0.15, 0.2) is 5.96 Å². The van der Waals surface area contributed by atoms with Crippen molar-refractivity contribution in [1.82, 2.24) is 16.0 Å². The zero-order chi connectivity index (χ0) is 19.6. The molecule has 0 fully saturated rings. The molecule has 2 heterocycles. The lowest BCUT2D eigenvalue weighted by atomic mass is 10.1. The third-order valence-electron chi connectivity index (χ3n) is 4.12. The predicted molar refractivity (Wildman–Crippen MR) is 107 cm³/mol. The maximum absolute atomic E-state index is 12.3. The molecule has 0 spiro atoms. The Morgan fingerprint density at radius 1 is 0.929 bits per heavy atom. The molecule has 7 heteroatoms. The van der Waals surface area contributed by atoms with E-state index < -0.39 is 0 Å². The summed E-state index contributed by atoms with van der Waals surface area (Å²) in [5, 5.41) is 9.34. The van der Waals surface area contributed by atoms with E-state index >= 15 is 0 Å². The highest BCUT2D eigenvalue weighted by molar-refractivity contribution is 5.94. The minimum Gasteiger partial charge on any atom is -0.469 e. The van der Waals surface area contributed by atoms with Gasteiger partial charge in [0.2, 0.25) is 0 Å². The summed E-state index contributed by atoms with van der Waals surface area (Å²) in [6.45, 7) is 1.63. The molecule has 0 atom stereocenters. The smallest absolute Gasteiger partial charge is 0.251 e. The van der Waals surface area contributed by atoms with Crippen LogP contribution < -0.4 is 16.0 Å². The summed E-state index contributed by atoms with van der Waals surface area (Å²) in [7, 11) is 1.72. The van der Waals surface area contributed by atoms with E-state index in [0.29, 0.717) is 31.2 Å². The minimum atomic E-state index is -0.140. The Kier molecular flexibility index (Phi) is 6.89. The molecule has 0 bridgehead atoms. The maximum atomic E-state index is 12.3. The summed E-state index contributed by atoms with van der Waals surface area (Å²) < 4.78 is 10.5. The molecule has 1 amide bonds. The van der Waals surface area contributed by atoms with E-state index in [9.17, 15) is 4.79 Å². The first-order valence-corrected chi connectivity index (χ1v) is 9.11. The van der Waals surface area contributed by atoms with Crippen LogP contribution in [0.25, 0.3) is 0 Å². The zero-order valence-corrected chi connectivity index (χ0v) is 15.8. The van der Waals surface area contributed by atoms with E-state index in [1.807, 2.05) is 36.4 Å². The number of rotatable bonds is 8. The molecular formula is C21H24N4O3. The number of benzene rings is 1. The van der Waals surface area contributed by atoms with Gasteiger partial charge < -0.3 is 24.8 Å². The monoisotopic (exact) mass is 380 g/mol. The Morgan fingerprint density at radius 2 is 1.71 bits per heavy atom. The molecule has 3 N–H and O–H groups in total. The number of nitrogens with one attached hydrogen (secondary N) is 3. The molecule has 0 unspecified atom stereocenters. The van der Waals surface area contributed by atoms with E-state index in [-0.39, 0.29) is 5.91 Å². The van der Waals surface area contributed by atoms with Crippen LogP contribution in [0.5, 0.6) is 0 Å². The summed E-state index contributed by atoms with van der Waals surface area (Å²) in [5.41, 5.74) is 1.59. The summed E-state index contributed by atoms with van der Waals surface area (Å²) in [4.78, 5) is 16.5. The fraction of sp³-hybridized carbons (Fsp3) is 0.238. The first kappa shape index (κ1) is 19.3. The molecule has 0 aliphatic heterocycles. The molecule has 146 valence electrons. The van der Waals surface area contributed by atoms with Gasteiger partial charge in [-0.3, -0.25) is 9.79 Å². The van der Waals surface area contributed by atoms with Crippen LogP contribution in [0.4, 0.5) is 0 Å². The first-order valence-electron chi connectivity index (χ1n) is 9.11. The Labute approximate surface area is 163 Å². The van der Waals surface area contributed by atoms with Gasteiger partial charge in [-0.1, -0.05) is 12.1 Å². The number of nitrogens with zero attached hydrogens (tertiary/aromatic N) is 1. The normalized spacial score (nSPS) is 11.2. The van der Waals surface area contributed by atoms with Gasteiger partial charge in [-0.25, -0.2) is 0 Å². The van der Waals surface area contributed by atoms with Gasteiger partial charge in [0, 0.05) is 32.1 Å². The van der Waals surface area contributed by atoms with Crippen molar-refractivity contribution in [2.75, 3.05) is 13.6 Å². The average Bonchev–Trinajstić information content (AvgIpc) is 3.43. The molecule has 1 aromatic carbocycles. The van der Waals surface area contributed by atoms with Gasteiger partial charge in [0.1, 0.15) is 11.5 Å². The standard InChI is InChI=1S/C21H24N4O3/c1-22-21(23-10-9-18-7-3-11-27-18)25-14-16-5-2-6-17(13-16)20(26)24-15-19-8-4-12-28-19/h2-8,11-13H,9-10,14-15H2,1H3,(H,24,26)(H2,22,23,25). The SMILES string of the molecule is CN=C(NCCc1ccco1)NCc1cccc(C(=O)NCc2ccco2)c1. The number of aliphatic imine (C=N–C) groups is 1. The molecule has 0 aliphatic carbocycles. The second-order valence-corrected chi connectivity index (χ2v) is 6.14. The number of carbonyl (C=O) groups is 1. The largest absolute Gasteiger partial charge is 0.469 e.